The fraction of sp³-hybridized carbons (Fsp3) is 0.250. The maximum atomic E-state index is 12.7. The number of rotatable bonds is 2. The summed E-state index contributed by atoms with van der Waals surface area (Å²) in [7, 11) is 0. The van der Waals surface area contributed by atoms with E-state index in [1.165, 1.54) is 6.07 Å². The first-order chi connectivity index (χ1) is 9.71. The van der Waals surface area contributed by atoms with Crippen LogP contribution in [0.3, 0.4) is 0 Å². The molecule has 2 rings (SSSR count). The van der Waals surface area contributed by atoms with Crippen molar-refractivity contribution in [3.63, 3.8) is 0 Å². The summed E-state index contributed by atoms with van der Waals surface area (Å²) in [5.74, 6) is 0. The molecule has 0 aliphatic heterocycles. The summed E-state index contributed by atoms with van der Waals surface area (Å²) in [5, 5.41) is 0. The molecule has 0 fully saturated rings. The lowest BCUT2D eigenvalue weighted by Gasteiger charge is -2.19. The molecule has 0 radical (unpaired) electrons. The number of hydrogen-bond donors (Lipinski definition) is 1. The summed E-state index contributed by atoms with van der Waals surface area (Å²) in [4.78, 5) is 0. The van der Waals surface area contributed by atoms with E-state index < -0.39 is 17.8 Å². The lowest BCUT2D eigenvalue weighted by Crippen LogP contribution is -2.16. The third kappa shape index (κ3) is 3.40. The number of hydrogen-bond acceptors (Lipinski definition) is 1. The highest BCUT2D eigenvalue weighted by Crippen LogP contribution is 2.33. The minimum Gasteiger partial charge on any atom is -0.320 e. The number of halogens is 4. The molecule has 0 saturated carbocycles. The molecule has 0 spiro atoms. The summed E-state index contributed by atoms with van der Waals surface area (Å²) in [6.07, 6.45) is -4.33. The maximum Gasteiger partial charge on any atom is 0.416 e. The van der Waals surface area contributed by atoms with Crippen molar-refractivity contribution in [3.8, 4) is 0 Å². The van der Waals surface area contributed by atoms with Crippen molar-refractivity contribution in [2.45, 2.75) is 26.1 Å². The summed E-state index contributed by atoms with van der Waals surface area (Å²) in [6.45, 7) is 3.64. The van der Waals surface area contributed by atoms with E-state index in [2.05, 4.69) is 22.6 Å². The van der Waals surface area contributed by atoms with Crippen LogP contribution in [-0.2, 0) is 6.18 Å². The van der Waals surface area contributed by atoms with Gasteiger partial charge in [0.1, 0.15) is 0 Å². The zero-order valence-corrected chi connectivity index (χ0v) is 13.8. The molecule has 1 atom stereocenters. The van der Waals surface area contributed by atoms with Gasteiger partial charge in [-0.2, -0.15) is 13.2 Å². The van der Waals surface area contributed by atoms with Gasteiger partial charge in [0, 0.05) is 3.57 Å². The van der Waals surface area contributed by atoms with Gasteiger partial charge in [0.25, 0.3) is 0 Å². The van der Waals surface area contributed by atoms with Crippen molar-refractivity contribution >= 4 is 22.6 Å². The Kier molecular flexibility index (Phi) is 4.63. The molecule has 0 aromatic heterocycles. The number of alkyl halides is 3. The first-order valence-electron chi connectivity index (χ1n) is 6.40. The van der Waals surface area contributed by atoms with Crippen LogP contribution in [-0.4, -0.2) is 0 Å². The van der Waals surface area contributed by atoms with Crippen molar-refractivity contribution < 1.29 is 13.2 Å². The molecule has 0 aliphatic rings. The third-order valence-corrected chi connectivity index (χ3v) is 4.96. The fourth-order valence-electron chi connectivity index (χ4n) is 2.28. The normalized spacial score (nSPS) is 13.3. The molecule has 2 aromatic carbocycles. The van der Waals surface area contributed by atoms with Gasteiger partial charge in [-0.25, -0.2) is 0 Å². The van der Waals surface area contributed by atoms with E-state index in [0.29, 0.717) is 11.1 Å². The summed E-state index contributed by atoms with van der Waals surface area (Å²) < 4.78 is 39.2. The van der Waals surface area contributed by atoms with Gasteiger partial charge >= 0.3 is 6.18 Å². The molecule has 0 amide bonds. The Morgan fingerprint density at radius 3 is 2.24 bits per heavy atom. The van der Waals surface area contributed by atoms with Gasteiger partial charge in [0.15, 0.2) is 0 Å². The van der Waals surface area contributed by atoms with Gasteiger partial charge in [-0.05, 0) is 70.8 Å². The van der Waals surface area contributed by atoms with Crippen molar-refractivity contribution in [1.29, 1.82) is 0 Å². The van der Waals surface area contributed by atoms with Crippen LogP contribution in [0.4, 0.5) is 13.2 Å². The Balaban J connectivity index is 2.45. The minimum atomic E-state index is -4.33. The first-order valence-corrected chi connectivity index (χ1v) is 7.48. The average molecular weight is 405 g/mol. The quantitative estimate of drug-likeness (QED) is 0.702. The molecular formula is C16H15F3IN. The van der Waals surface area contributed by atoms with Crippen LogP contribution in [0.1, 0.15) is 33.9 Å². The SMILES string of the molecule is Cc1cc(C(F)(F)F)ccc1C(N)c1cccc(C)c1I. The number of nitrogens with two attached hydrogens (primary N) is 1. The van der Waals surface area contributed by atoms with Crippen molar-refractivity contribution in [1.82, 2.24) is 0 Å². The molecule has 21 heavy (non-hydrogen) atoms. The van der Waals surface area contributed by atoms with Crippen molar-refractivity contribution in [2.75, 3.05) is 0 Å². The molecule has 2 aromatic rings. The van der Waals surface area contributed by atoms with E-state index in [0.717, 1.165) is 26.8 Å². The maximum absolute atomic E-state index is 12.7. The second-order valence-electron chi connectivity index (χ2n) is 5.02. The van der Waals surface area contributed by atoms with E-state index in [4.69, 9.17) is 5.73 Å². The Morgan fingerprint density at radius 1 is 1.00 bits per heavy atom. The van der Waals surface area contributed by atoms with Gasteiger partial charge in [0.2, 0.25) is 0 Å². The zero-order chi connectivity index (χ0) is 15.8. The second-order valence-corrected chi connectivity index (χ2v) is 6.10. The Bertz CT molecular complexity index is 665. The van der Waals surface area contributed by atoms with Crippen LogP contribution in [0.15, 0.2) is 36.4 Å². The largest absolute Gasteiger partial charge is 0.416 e. The van der Waals surface area contributed by atoms with E-state index in [-0.39, 0.29) is 0 Å². The molecule has 112 valence electrons. The Morgan fingerprint density at radius 2 is 1.67 bits per heavy atom. The van der Waals surface area contributed by atoms with E-state index in [9.17, 15) is 13.2 Å². The van der Waals surface area contributed by atoms with Crippen LogP contribution in [0, 0.1) is 17.4 Å². The topological polar surface area (TPSA) is 26.0 Å². The first kappa shape index (κ1) is 16.3. The monoisotopic (exact) mass is 405 g/mol. The number of aryl methyl sites for hydroxylation is 2. The molecule has 0 aliphatic carbocycles. The molecule has 0 heterocycles. The van der Waals surface area contributed by atoms with E-state index >= 15 is 0 Å². The predicted molar refractivity (Wildman–Crippen MR) is 86.1 cm³/mol. The lowest BCUT2D eigenvalue weighted by atomic mass is 9.93. The minimum absolute atomic E-state index is 0.431. The van der Waals surface area contributed by atoms with Gasteiger partial charge in [-0.1, -0.05) is 24.3 Å². The van der Waals surface area contributed by atoms with Gasteiger partial charge in [-0.3, -0.25) is 0 Å². The van der Waals surface area contributed by atoms with E-state index in [1.54, 1.807) is 6.92 Å². The second kappa shape index (κ2) is 5.96. The third-order valence-electron chi connectivity index (χ3n) is 3.49. The summed E-state index contributed by atoms with van der Waals surface area (Å²) in [6, 6.07) is 9.09. The van der Waals surface area contributed by atoms with Crippen LogP contribution in [0.25, 0.3) is 0 Å². The Labute approximate surface area is 135 Å². The van der Waals surface area contributed by atoms with Crippen LogP contribution in [0.2, 0.25) is 0 Å². The molecule has 0 bridgehead atoms. The molecular weight excluding hydrogens is 390 g/mol. The fourth-order valence-corrected chi connectivity index (χ4v) is 2.97. The highest BCUT2D eigenvalue weighted by molar-refractivity contribution is 14.1. The highest BCUT2D eigenvalue weighted by atomic mass is 127. The van der Waals surface area contributed by atoms with Crippen LogP contribution < -0.4 is 5.73 Å². The molecule has 2 N–H and O–H groups in total. The smallest absolute Gasteiger partial charge is 0.320 e. The molecule has 0 saturated heterocycles. The van der Waals surface area contributed by atoms with Crippen LogP contribution >= 0.6 is 22.6 Å². The number of benzene rings is 2. The highest BCUT2D eigenvalue weighted by Gasteiger charge is 2.31. The average Bonchev–Trinajstić information content (AvgIpc) is 2.40. The standard InChI is InChI=1S/C16H15F3IN/c1-9-4-3-5-13(14(9)20)15(21)12-7-6-11(8-10(12)2)16(17,18)19/h3-8,15H,21H2,1-2H3. The molecule has 1 unspecified atom stereocenters. The Hall–Kier alpha value is -1.08. The van der Waals surface area contributed by atoms with Gasteiger partial charge in [0.05, 0.1) is 11.6 Å². The lowest BCUT2D eigenvalue weighted by molar-refractivity contribution is -0.137. The van der Waals surface area contributed by atoms with Gasteiger partial charge < -0.3 is 5.73 Å². The summed E-state index contributed by atoms with van der Waals surface area (Å²) in [5.41, 5.74) is 8.92. The molecule has 5 heteroatoms. The van der Waals surface area contributed by atoms with E-state index in [1.807, 2.05) is 25.1 Å². The van der Waals surface area contributed by atoms with Crippen LogP contribution in [0.5, 0.6) is 0 Å². The van der Waals surface area contributed by atoms with Crippen molar-refractivity contribution in [2.24, 2.45) is 5.73 Å². The zero-order valence-electron chi connectivity index (χ0n) is 11.6. The van der Waals surface area contributed by atoms with Crippen molar-refractivity contribution in [3.05, 3.63) is 67.8 Å². The molecule has 1 nitrogen and oxygen atoms in total. The van der Waals surface area contributed by atoms with Gasteiger partial charge in [-0.15, -0.1) is 0 Å². The summed E-state index contributed by atoms with van der Waals surface area (Å²) >= 11 is 2.22. The predicted octanol–water partition coefficient (Wildman–Crippen LogP) is 4.97.